The summed E-state index contributed by atoms with van der Waals surface area (Å²) in [7, 11) is 1.73. The maximum absolute atomic E-state index is 11.5. The Morgan fingerprint density at radius 1 is 1.33 bits per heavy atom. The average molecular weight is 267 g/mol. The van der Waals surface area contributed by atoms with Crippen molar-refractivity contribution in [1.29, 1.82) is 0 Å². The van der Waals surface area contributed by atoms with Crippen molar-refractivity contribution in [2.45, 2.75) is 6.54 Å². The van der Waals surface area contributed by atoms with Gasteiger partial charge in [-0.05, 0) is 12.1 Å². The van der Waals surface area contributed by atoms with E-state index in [0.717, 1.165) is 4.68 Å². The topological polar surface area (TPSA) is 79.8 Å². The van der Waals surface area contributed by atoms with Gasteiger partial charge < -0.3 is 5.32 Å². The third-order valence-corrected chi connectivity index (χ3v) is 2.72. The highest BCUT2D eigenvalue weighted by Gasteiger charge is 2.06. The lowest BCUT2D eigenvalue weighted by molar-refractivity contribution is 0.617. The molecule has 2 rings (SSSR count). The Kier molecular flexibility index (Phi) is 3.47. The minimum atomic E-state index is -0.351. The molecule has 0 aliphatic carbocycles. The monoisotopic (exact) mass is 266 g/mol. The first-order valence-corrected chi connectivity index (χ1v) is 5.61. The highest BCUT2D eigenvalue weighted by molar-refractivity contribution is 6.31. The van der Waals surface area contributed by atoms with Gasteiger partial charge in [-0.1, -0.05) is 11.6 Å². The number of anilines is 1. The van der Waals surface area contributed by atoms with Crippen LogP contribution in [0.5, 0.6) is 0 Å². The molecule has 0 saturated carbocycles. The van der Waals surface area contributed by atoms with Gasteiger partial charge in [0.2, 0.25) is 0 Å². The lowest BCUT2D eigenvalue weighted by atomic mass is 10.3. The molecule has 94 valence electrons. The van der Waals surface area contributed by atoms with Crippen molar-refractivity contribution in [2.24, 2.45) is 0 Å². The fourth-order valence-corrected chi connectivity index (χ4v) is 1.63. The number of nitrogens with zero attached hydrogens (tertiary/aromatic N) is 2. The Hall–Kier alpha value is -2.08. The standard InChI is InChI=1S/C11H11ClN4O2/c1-13-9-3-2-7(12)8(14-9)6-16-11(18)5-4-10(17)15-16/h2-5H,6H2,1H3,(H,13,14)(H,15,17). The zero-order valence-corrected chi connectivity index (χ0v) is 10.4. The van der Waals surface area contributed by atoms with Crippen molar-refractivity contribution in [1.82, 2.24) is 14.8 Å². The highest BCUT2D eigenvalue weighted by atomic mass is 35.5. The number of aromatic nitrogens is 3. The summed E-state index contributed by atoms with van der Waals surface area (Å²) < 4.78 is 1.16. The van der Waals surface area contributed by atoms with Crippen LogP contribution in [0.1, 0.15) is 5.69 Å². The van der Waals surface area contributed by atoms with Gasteiger partial charge in [0, 0.05) is 19.2 Å². The van der Waals surface area contributed by atoms with Gasteiger partial charge in [0.15, 0.2) is 0 Å². The third-order valence-electron chi connectivity index (χ3n) is 2.37. The number of nitrogens with one attached hydrogen (secondary N) is 2. The van der Waals surface area contributed by atoms with Gasteiger partial charge in [0.1, 0.15) is 5.82 Å². The Balaban J connectivity index is 2.42. The number of H-pyrrole nitrogens is 1. The van der Waals surface area contributed by atoms with Crippen molar-refractivity contribution in [3.05, 3.63) is 55.7 Å². The molecule has 0 fully saturated rings. The SMILES string of the molecule is CNc1ccc(Cl)c(Cn2[nH]c(=O)ccc2=O)n1. The van der Waals surface area contributed by atoms with Crippen LogP contribution in [-0.4, -0.2) is 21.8 Å². The number of rotatable bonds is 3. The molecule has 2 N–H and O–H groups in total. The summed E-state index contributed by atoms with van der Waals surface area (Å²) >= 11 is 6.00. The summed E-state index contributed by atoms with van der Waals surface area (Å²) in [6.07, 6.45) is 0. The first-order valence-electron chi connectivity index (χ1n) is 5.23. The molecule has 2 aromatic heterocycles. The van der Waals surface area contributed by atoms with Gasteiger partial charge in [-0.2, -0.15) is 0 Å². The zero-order valence-electron chi connectivity index (χ0n) is 9.61. The molecule has 2 aromatic rings. The van der Waals surface area contributed by atoms with Gasteiger partial charge in [0.05, 0.1) is 17.3 Å². The average Bonchev–Trinajstić information content (AvgIpc) is 2.36. The van der Waals surface area contributed by atoms with Crippen molar-refractivity contribution in [2.75, 3.05) is 12.4 Å². The van der Waals surface area contributed by atoms with Crippen LogP contribution in [-0.2, 0) is 6.54 Å². The van der Waals surface area contributed by atoms with Gasteiger partial charge in [-0.15, -0.1) is 0 Å². The van der Waals surface area contributed by atoms with Crippen LogP contribution in [0.15, 0.2) is 33.9 Å². The second kappa shape index (κ2) is 5.05. The lowest BCUT2D eigenvalue weighted by Crippen LogP contribution is -2.28. The summed E-state index contributed by atoms with van der Waals surface area (Å²) in [6, 6.07) is 5.79. The molecule has 0 spiro atoms. The molecule has 6 nitrogen and oxygen atoms in total. The molecule has 7 heteroatoms. The number of halogens is 1. The molecule has 0 atom stereocenters. The van der Waals surface area contributed by atoms with E-state index in [1.54, 1.807) is 19.2 Å². The van der Waals surface area contributed by atoms with E-state index in [2.05, 4.69) is 15.4 Å². The molecule has 0 aromatic carbocycles. The molecule has 0 aliphatic rings. The van der Waals surface area contributed by atoms with Crippen molar-refractivity contribution >= 4 is 17.4 Å². The summed E-state index contributed by atoms with van der Waals surface area (Å²) in [5.74, 6) is 0.640. The zero-order chi connectivity index (χ0) is 13.1. The van der Waals surface area contributed by atoms with E-state index in [1.165, 1.54) is 12.1 Å². The van der Waals surface area contributed by atoms with Crippen LogP contribution in [0.2, 0.25) is 5.02 Å². The summed E-state index contributed by atoms with van der Waals surface area (Å²) in [4.78, 5) is 26.9. The smallest absolute Gasteiger partial charge is 0.265 e. The van der Waals surface area contributed by atoms with E-state index in [0.29, 0.717) is 16.5 Å². The quantitative estimate of drug-likeness (QED) is 0.856. The number of aromatic amines is 1. The number of hydrogen-bond donors (Lipinski definition) is 2. The molecule has 0 saturated heterocycles. The van der Waals surface area contributed by atoms with Crippen LogP contribution >= 0.6 is 11.6 Å². The second-order valence-corrected chi connectivity index (χ2v) is 4.02. The minimum absolute atomic E-state index is 0.114. The van der Waals surface area contributed by atoms with Gasteiger partial charge in [-0.25, -0.2) is 9.67 Å². The maximum Gasteiger partial charge on any atom is 0.265 e. The molecule has 0 radical (unpaired) electrons. The van der Waals surface area contributed by atoms with E-state index >= 15 is 0 Å². The predicted molar refractivity (Wildman–Crippen MR) is 69.2 cm³/mol. The molecule has 2 heterocycles. The molecular weight excluding hydrogens is 256 g/mol. The van der Waals surface area contributed by atoms with Gasteiger partial charge in [-0.3, -0.25) is 14.7 Å². The molecule has 0 amide bonds. The normalized spacial score (nSPS) is 10.3. The summed E-state index contributed by atoms with van der Waals surface area (Å²) in [5, 5.41) is 5.73. The van der Waals surface area contributed by atoms with Gasteiger partial charge >= 0.3 is 0 Å². The lowest BCUT2D eigenvalue weighted by Gasteiger charge is -2.08. The third kappa shape index (κ3) is 2.60. The first-order chi connectivity index (χ1) is 8.60. The highest BCUT2D eigenvalue weighted by Crippen LogP contribution is 2.16. The molecule has 18 heavy (non-hydrogen) atoms. The molecule has 0 aliphatic heterocycles. The van der Waals surface area contributed by atoms with E-state index in [9.17, 15) is 9.59 Å². The van der Waals surface area contributed by atoms with Crippen molar-refractivity contribution in [3.63, 3.8) is 0 Å². The number of hydrogen-bond acceptors (Lipinski definition) is 4. The van der Waals surface area contributed by atoms with Crippen LogP contribution < -0.4 is 16.4 Å². The predicted octanol–water partition coefficient (Wildman–Crippen LogP) is 0.675. The largest absolute Gasteiger partial charge is 0.373 e. The fraction of sp³-hybridized carbons (Fsp3) is 0.182. The van der Waals surface area contributed by atoms with Crippen molar-refractivity contribution in [3.8, 4) is 0 Å². The van der Waals surface area contributed by atoms with Crippen LogP contribution in [0.4, 0.5) is 5.82 Å². The Morgan fingerprint density at radius 3 is 2.83 bits per heavy atom. The Labute approximate surface area is 107 Å². The second-order valence-electron chi connectivity index (χ2n) is 3.61. The molecule has 0 unspecified atom stereocenters. The minimum Gasteiger partial charge on any atom is -0.373 e. The first kappa shape index (κ1) is 12.4. The fourth-order valence-electron chi connectivity index (χ4n) is 1.46. The van der Waals surface area contributed by atoms with Crippen LogP contribution in [0.25, 0.3) is 0 Å². The van der Waals surface area contributed by atoms with E-state index in [1.807, 2.05) is 0 Å². The van der Waals surface area contributed by atoms with Gasteiger partial charge in [0.25, 0.3) is 11.1 Å². The van der Waals surface area contributed by atoms with Crippen LogP contribution in [0.3, 0.4) is 0 Å². The van der Waals surface area contributed by atoms with E-state index in [-0.39, 0.29) is 17.7 Å². The molecule has 0 bridgehead atoms. The Bertz CT molecular complexity index is 677. The van der Waals surface area contributed by atoms with Crippen molar-refractivity contribution < 1.29 is 0 Å². The van der Waals surface area contributed by atoms with E-state index in [4.69, 9.17) is 11.6 Å². The summed E-state index contributed by atoms with van der Waals surface area (Å²) in [6.45, 7) is 0.114. The van der Waals surface area contributed by atoms with E-state index < -0.39 is 0 Å². The summed E-state index contributed by atoms with van der Waals surface area (Å²) in [5.41, 5.74) is -0.162. The number of pyridine rings is 1. The molecular formula is C11H11ClN4O2. The Morgan fingerprint density at radius 2 is 2.11 bits per heavy atom. The maximum atomic E-state index is 11.5. The van der Waals surface area contributed by atoms with Crippen LogP contribution in [0, 0.1) is 0 Å².